The number of allylic oxidation sites excluding steroid dienone is 1. The number of alkyl carbamates (subject to hydrolysis) is 1. The molecule has 2 fully saturated rings. The molecule has 0 radical (unpaired) electrons. The van der Waals surface area contributed by atoms with Crippen molar-refractivity contribution in [1.29, 1.82) is 0 Å². The number of imidazole rings is 1. The van der Waals surface area contributed by atoms with E-state index in [-0.39, 0.29) is 60.2 Å². The number of H-pyrrole nitrogens is 1. The number of nitrogens with one attached hydrogen (secondary N) is 3. The maximum Gasteiger partial charge on any atom is 0.407 e. The van der Waals surface area contributed by atoms with Crippen LogP contribution in [0.5, 0.6) is 0 Å². The maximum atomic E-state index is 14.2. The van der Waals surface area contributed by atoms with Gasteiger partial charge in [-0.25, -0.2) is 28.7 Å². The molecule has 378 valence electrons. The molecule has 72 heavy (non-hydrogen) atoms. The first-order valence-corrected chi connectivity index (χ1v) is 23.5. The van der Waals surface area contributed by atoms with Crippen LogP contribution in [0.4, 0.5) is 4.79 Å². The Morgan fingerprint density at radius 3 is 1.71 bits per heavy atom. The number of methoxy groups -OCH3 is 3. The summed E-state index contributed by atoms with van der Waals surface area (Å²) in [5.74, 6) is -2.60. The first-order valence-electron chi connectivity index (χ1n) is 23.5. The average Bonchev–Trinajstić information content (AvgIpc) is 4.26. The van der Waals surface area contributed by atoms with Gasteiger partial charge in [-0.15, -0.1) is 10.2 Å². The minimum atomic E-state index is -0.919. The van der Waals surface area contributed by atoms with E-state index in [1.54, 1.807) is 20.7 Å². The Morgan fingerprint density at radius 1 is 0.694 bits per heavy atom. The number of carbonyl (C=O) groups excluding carboxylic acids is 6. The van der Waals surface area contributed by atoms with E-state index in [1.165, 1.54) is 38.4 Å². The van der Waals surface area contributed by atoms with E-state index in [9.17, 15) is 33.9 Å². The van der Waals surface area contributed by atoms with Gasteiger partial charge in [-0.05, 0) is 52.5 Å². The van der Waals surface area contributed by atoms with Crippen molar-refractivity contribution in [2.75, 3.05) is 41.0 Å². The maximum absolute atomic E-state index is 14.2. The van der Waals surface area contributed by atoms with Crippen LogP contribution in [0.25, 0.3) is 28.0 Å². The quantitative estimate of drug-likeness (QED) is 0.0813. The number of benzene rings is 2. The number of aliphatic imine (C=N–C) groups is 1. The van der Waals surface area contributed by atoms with Gasteiger partial charge >= 0.3 is 18.0 Å². The van der Waals surface area contributed by atoms with Crippen LogP contribution < -0.4 is 10.6 Å². The lowest BCUT2D eigenvalue weighted by atomic mass is 9.95. The summed E-state index contributed by atoms with van der Waals surface area (Å²) in [7, 11) is 3.76. The highest BCUT2D eigenvalue weighted by molar-refractivity contribution is 6.04. The summed E-state index contributed by atoms with van der Waals surface area (Å²) in [6.45, 7) is 6.97. The molecule has 2 saturated heterocycles. The molecule has 8 rings (SSSR count). The molecule has 5 aromatic rings. The fourth-order valence-corrected chi connectivity index (χ4v) is 9.37. The van der Waals surface area contributed by atoms with E-state index < -0.39 is 54.7 Å². The van der Waals surface area contributed by atoms with Crippen molar-refractivity contribution < 1.29 is 48.1 Å². The lowest BCUT2D eigenvalue weighted by Crippen LogP contribution is -2.53. The van der Waals surface area contributed by atoms with Crippen LogP contribution >= 0.6 is 0 Å². The number of rotatable bonds is 16. The van der Waals surface area contributed by atoms with Gasteiger partial charge in [0, 0.05) is 31.4 Å². The van der Waals surface area contributed by atoms with Gasteiger partial charge in [0.1, 0.15) is 24.5 Å². The Balaban J connectivity index is 0.960. The normalized spacial score (nSPS) is 19.5. The molecule has 2 aromatic carbocycles. The number of aliphatic hydroxyl groups is 1. The molecule has 23 heteroatoms. The summed E-state index contributed by atoms with van der Waals surface area (Å²) in [5.41, 5.74) is 6.30. The van der Waals surface area contributed by atoms with Crippen LogP contribution in [-0.2, 0) is 28.6 Å². The Labute approximate surface area is 414 Å². The van der Waals surface area contributed by atoms with Gasteiger partial charge in [0.2, 0.25) is 17.7 Å². The highest BCUT2D eigenvalue weighted by atomic mass is 16.5. The van der Waals surface area contributed by atoms with Crippen molar-refractivity contribution in [3.05, 3.63) is 96.1 Å². The number of aliphatic hydroxyl groups excluding tert-OH is 1. The van der Waals surface area contributed by atoms with Gasteiger partial charge < -0.3 is 44.7 Å². The van der Waals surface area contributed by atoms with Crippen LogP contribution in [0.2, 0.25) is 0 Å². The van der Waals surface area contributed by atoms with E-state index in [4.69, 9.17) is 24.2 Å². The van der Waals surface area contributed by atoms with E-state index in [0.717, 1.165) is 39.2 Å². The molecule has 0 aliphatic carbocycles. The fourth-order valence-electron chi connectivity index (χ4n) is 9.37. The Hall–Kier alpha value is -8.08. The first-order chi connectivity index (χ1) is 34.6. The van der Waals surface area contributed by atoms with Gasteiger partial charge in [0.15, 0.2) is 11.4 Å². The smallest absolute Gasteiger partial charge is 0.407 e. The third-order valence-corrected chi connectivity index (χ3v) is 13.3. The van der Waals surface area contributed by atoms with Gasteiger partial charge in [-0.2, -0.15) is 0 Å². The largest absolute Gasteiger partial charge is 0.464 e. The van der Waals surface area contributed by atoms with Gasteiger partial charge in [-0.3, -0.25) is 19.4 Å². The number of aromatic amines is 1. The van der Waals surface area contributed by atoms with Crippen molar-refractivity contribution >= 4 is 47.0 Å². The number of amides is 4. The van der Waals surface area contributed by atoms with Crippen LogP contribution in [0.3, 0.4) is 0 Å². The number of nitrogens with zero attached hydrogens (tertiary/aromatic N) is 10. The molecule has 4 N–H and O–H groups in total. The van der Waals surface area contributed by atoms with Crippen LogP contribution in [0, 0.1) is 11.8 Å². The van der Waals surface area contributed by atoms with E-state index >= 15 is 0 Å². The zero-order valence-corrected chi connectivity index (χ0v) is 40.9. The predicted octanol–water partition coefficient (Wildman–Crippen LogP) is 3.56. The van der Waals surface area contributed by atoms with Crippen LogP contribution in [0.15, 0.2) is 78.3 Å². The zero-order chi connectivity index (χ0) is 51.4. The van der Waals surface area contributed by atoms with Gasteiger partial charge in [-0.1, -0.05) is 86.7 Å². The molecule has 3 aromatic heterocycles. The molecule has 3 aliphatic heterocycles. The third kappa shape index (κ3) is 10.5. The molecule has 6 heterocycles. The van der Waals surface area contributed by atoms with Crippen molar-refractivity contribution in [2.24, 2.45) is 16.8 Å². The molecule has 4 amide bonds. The highest BCUT2D eigenvalue weighted by Gasteiger charge is 2.45. The first kappa shape index (κ1) is 50.3. The second kappa shape index (κ2) is 21.5. The topological polar surface area (TPSA) is 283 Å². The van der Waals surface area contributed by atoms with E-state index in [2.05, 4.69) is 36.2 Å². The van der Waals surface area contributed by atoms with Crippen LogP contribution in [0.1, 0.15) is 97.4 Å². The standard InChI is InChI=1S/C49H57N13O10/c1-26(2)42(53-41(64)25-63)45(65)60-22-34(62-24-38(56-58-62)48(68)71-6)18-40(60)44-51-20-36(52-44)31-14-12-29(13-15-31)28-8-10-30(11-9-28)32-16-35(50-19-32)39-17-33(61-23-37(55-57-61)47(67)70-5)21-59(39)46(66)43(27(3)4)54-49(69)72-7/h8-15,19-20,23-24,26-27,33-34,39-40,42-43,63H,16-18,21-22,25H2,1-7H3,(H,51,52)(H,53,64)(H,54,69)/t33-,34-,39-,40?,42-,43-/m0/s1. The number of hydrogen-bond donors (Lipinski definition) is 4. The van der Waals surface area contributed by atoms with Gasteiger partial charge in [0.05, 0.1) is 69.8 Å². The number of aromatic nitrogens is 8. The molecule has 0 saturated carbocycles. The van der Waals surface area contributed by atoms with Crippen molar-refractivity contribution in [3.63, 3.8) is 0 Å². The van der Waals surface area contributed by atoms with Crippen molar-refractivity contribution in [2.45, 2.75) is 83.2 Å². The summed E-state index contributed by atoms with van der Waals surface area (Å²) < 4.78 is 17.5. The minimum absolute atomic E-state index is 0.0265. The number of carbonyl (C=O) groups is 6. The van der Waals surface area contributed by atoms with Crippen molar-refractivity contribution in [1.82, 2.24) is 60.4 Å². The molecular formula is C49H57N13O10. The molecule has 23 nitrogen and oxygen atoms in total. The summed E-state index contributed by atoms with van der Waals surface area (Å²) in [6.07, 6.45) is 7.09. The predicted molar refractivity (Wildman–Crippen MR) is 257 cm³/mol. The lowest BCUT2D eigenvalue weighted by Gasteiger charge is -2.31. The van der Waals surface area contributed by atoms with E-state index in [0.29, 0.717) is 25.1 Å². The van der Waals surface area contributed by atoms with Crippen molar-refractivity contribution in [3.8, 4) is 22.4 Å². The molecule has 0 spiro atoms. The number of ether oxygens (including phenoxy) is 3. The number of likely N-dealkylation sites (tertiary alicyclic amines) is 2. The Morgan fingerprint density at radius 2 is 1.19 bits per heavy atom. The summed E-state index contributed by atoms with van der Waals surface area (Å²) in [4.78, 5) is 93.6. The average molecular weight is 988 g/mol. The number of hydrogen-bond acceptors (Lipinski definition) is 16. The van der Waals surface area contributed by atoms with E-state index in [1.807, 2.05) is 82.4 Å². The second-order valence-corrected chi connectivity index (χ2v) is 18.5. The summed E-state index contributed by atoms with van der Waals surface area (Å²) in [5, 5.41) is 31.0. The SMILES string of the molecule is COC(=O)N[C@H](C(=O)N1C[C@@H](n2cc(C(=O)OC)nn2)C[C@H]1C1=NC=C(c2ccc(-c3ccc(-c4cnc(C5C[C@H](n6cc(C(=O)OC)nn6)CN5C(=O)[C@@H](NC(=O)CO)C(C)C)[nH]4)cc3)cc2)C1)C(C)C. The van der Waals surface area contributed by atoms with Crippen LogP contribution in [-0.4, -0.2) is 155 Å². The molecule has 0 bridgehead atoms. The second-order valence-electron chi connectivity index (χ2n) is 18.5. The summed E-state index contributed by atoms with van der Waals surface area (Å²) >= 11 is 0. The Bertz CT molecular complexity index is 2890. The lowest BCUT2D eigenvalue weighted by molar-refractivity contribution is -0.139. The summed E-state index contributed by atoms with van der Waals surface area (Å²) in [6, 6.07) is 12.6. The minimum Gasteiger partial charge on any atom is -0.464 e. The third-order valence-electron chi connectivity index (χ3n) is 13.3. The number of esters is 2. The molecule has 1 unspecified atom stereocenters. The fraction of sp³-hybridized carbons (Fsp3) is 0.429. The van der Waals surface area contributed by atoms with Gasteiger partial charge in [0.25, 0.3) is 0 Å². The zero-order valence-electron chi connectivity index (χ0n) is 40.9. The molecule has 3 aliphatic rings. The molecular weight excluding hydrogens is 931 g/mol. The molecule has 6 atom stereocenters. The highest BCUT2D eigenvalue weighted by Crippen LogP contribution is 2.39. The Kier molecular flexibility index (Phi) is 15.0. The monoisotopic (exact) mass is 987 g/mol.